The fourth-order valence-corrected chi connectivity index (χ4v) is 3.05. The minimum absolute atomic E-state index is 0.126. The molecule has 1 saturated heterocycles. The summed E-state index contributed by atoms with van der Waals surface area (Å²) in [5, 5.41) is 12.0. The molecular weight excluding hydrogens is 378 g/mol. The molecule has 4 rings (SSSR count). The summed E-state index contributed by atoms with van der Waals surface area (Å²) in [4.78, 5) is 25.0. The molecule has 0 bridgehead atoms. The number of hydrogen-bond donors (Lipinski definition) is 1. The normalized spacial score (nSPS) is 14.0. The van der Waals surface area contributed by atoms with E-state index in [4.69, 9.17) is 11.6 Å². The van der Waals surface area contributed by atoms with Crippen molar-refractivity contribution < 1.29 is 4.79 Å². The highest BCUT2D eigenvalue weighted by Gasteiger charge is 2.24. The summed E-state index contributed by atoms with van der Waals surface area (Å²) in [7, 11) is 0. The smallest absolute Gasteiger partial charge is 0.274 e. The lowest BCUT2D eigenvalue weighted by atomic mass is 10.2. The molecule has 1 aliphatic heterocycles. The molecule has 1 N–H and O–H groups in total. The second-order valence-corrected chi connectivity index (χ2v) is 6.70. The third-order valence-electron chi connectivity index (χ3n) is 4.40. The predicted octanol–water partition coefficient (Wildman–Crippen LogP) is 2.63. The molecule has 1 aliphatic rings. The molecule has 1 aromatic carbocycles. The van der Waals surface area contributed by atoms with Crippen molar-refractivity contribution in [1.82, 2.24) is 25.1 Å². The molecule has 2 aromatic heterocycles. The van der Waals surface area contributed by atoms with Crippen LogP contribution in [0.25, 0.3) is 0 Å². The molecule has 1 amide bonds. The summed E-state index contributed by atoms with van der Waals surface area (Å²) in [5.41, 5.74) is 1.17. The molecule has 0 saturated carbocycles. The first-order valence-electron chi connectivity index (χ1n) is 8.86. The van der Waals surface area contributed by atoms with Crippen molar-refractivity contribution in [2.45, 2.75) is 0 Å². The number of anilines is 3. The maximum atomic E-state index is 12.7. The molecule has 3 aromatic rings. The third kappa shape index (κ3) is 4.17. The third-order valence-corrected chi connectivity index (χ3v) is 4.65. The van der Waals surface area contributed by atoms with E-state index >= 15 is 0 Å². The maximum absolute atomic E-state index is 12.7. The Morgan fingerprint density at radius 2 is 1.64 bits per heavy atom. The second kappa shape index (κ2) is 8.18. The first-order valence-corrected chi connectivity index (χ1v) is 9.24. The lowest BCUT2D eigenvalue weighted by Crippen LogP contribution is -2.49. The van der Waals surface area contributed by atoms with Gasteiger partial charge in [-0.25, -0.2) is 9.97 Å². The van der Waals surface area contributed by atoms with E-state index < -0.39 is 0 Å². The van der Waals surface area contributed by atoms with Gasteiger partial charge in [-0.2, -0.15) is 0 Å². The van der Waals surface area contributed by atoms with Crippen LogP contribution in [0.5, 0.6) is 0 Å². The van der Waals surface area contributed by atoms with Gasteiger partial charge in [0, 0.05) is 49.3 Å². The second-order valence-electron chi connectivity index (χ2n) is 6.26. The highest BCUT2D eigenvalue weighted by molar-refractivity contribution is 6.30. The number of rotatable bonds is 4. The standard InChI is InChI=1S/C19H18ClN7O/c20-14-2-4-15(5-3-14)23-17-7-6-16(24-25-17)18(28)26-10-12-27(13-11-26)19-21-8-1-9-22-19/h1-9H,10-13H2,(H,23,25). The fraction of sp³-hybridized carbons (Fsp3) is 0.211. The van der Waals surface area contributed by atoms with Crippen LogP contribution in [0.1, 0.15) is 10.5 Å². The summed E-state index contributed by atoms with van der Waals surface area (Å²) in [6.45, 7) is 2.53. The number of nitrogens with one attached hydrogen (secondary N) is 1. The van der Waals surface area contributed by atoms with Crippen LogP contribution in [0.3, 0.4) is 0 Å². The summed E-state index contributed by atoms with van der Waals surface area (Å²) in [6.07, 6.45) is 3.43. The molecule has 0 aliphatic carbocycles. The molecule has 0 unspecified atom stereocenters. The highest BCUT2D eigenvalue weighted by atomic mass is 35.5. The SMILES string of the molecule is O=C(c1ccc(Nc2ccc(Cl)cc2)nn1)N1CCN(c2ncccn2)CC1. The van der Waals surface area contributed by atoms with Crippen molar-refractivity contribution in [2.75, 3.05) is 36.4 Å². The van der Waals surface area contributed by atoms with Crippen molar-refractivity contribution in [1.29, 1.82) is 0 Å². The average Bonchev–Trinajstić information content (AvgIpc) is 2.76. The summed E-state index contributed by atoms with van der Waals surface area (Å²) in [5.74, 6) is 1.12. The Kier molecular flexibility index (Phi) is 5.29. The van der Waals surface area contributed by atoms with Gasteiger partial charge in [-0.1, -0.05) is 11.6 Å². The van der Waals surface area contributed by atoms with Gasteiger partial charge in [-0.3, -0.25) is 4.79 Å². The molecule has 8 nitrogen and oxygen atoms in total. The van der Waals surface area contributed by atoms with Crippen molar-refractivity contribution in [3.8, 4) is 0 Å². The Balaban J connectivity index is 1.35. The Bertz CT molecular complexity index is 927. The number of aromatic nitrogens is 4. The van der Waals surface area contributed by atoms with Crippen molar-refractivity contribution in [3.05, 3.63) is 65.6 Å². The van der Waals surface area contributed by atoms with E-state index in [9.17, 15) is 4.79 Å². The van der Waals surface area contributed by atoms with Crippen LogP contribution < -0.4 is 10.2 Å². The van der Waals surface area contributed by atoms with Gasteiger partial charge < -0.3 is 15.1 Å². The first-order chi connectivity index (χ1) is 13.7. The summed E-state index contributed by atoms with van der Waals surface area (Å²) in [6, 6.07) is 12.5. The topological polar surface area (TPSA) is 87.1 Å². The van der Waals surface area contributed by atoms with Gasteiger partial charge in [0.1, 0.15) is 0 Å². The van der Waals surface area contributed by atoms with Crippen LogP contribution in [0.4, 0.5) is 17.5 Å². The predicted molar refractivity (Wildman–Crippen MR) is 107 cm³/mol. The van der Waals surface area contributed by atoms with Gasteiger partial charge >= 0.3 is 0 Å². The number of halogens is 1. The van der Waals surface area contributed by atoms with Crippen LogP contribution >= 0.6 is 11.6 Å². The lowest BCUT2D eigenvalue weighted by molar-refractivity contribution is 0.0739. The first kappa shape index (κ1) is 18.1. The van der Waals surface area contributed by atoms with Gasteiger partial charge in [-0.15, -0.1) is 10.2 Å². The molecule has 9 heteroatoms. The molecule has 0 spiro atoms. The Morgan fingerprint density at radius 3 is 2.29 bits per heavy atom. The molecule has 142 valence electrons. The number of amides is 1. The summed E-state index contributed by atoms with van der Waals surface area (Å²) < 4.78 is 0. The van der Waals surface area contributed by atoms with Crippen LogP contribution in [0, 0.1) is 0 Å². The van der Waals surface area contributed by atoms with Crippen molar-refractivity contribution in [3.63, 3.8) is 0 Å². The zero-order chi connectivity index (χ0) is 19.3. The quantitative estimate of drug-likeness (QED) is 0.726. The number of nitrogens with zero attached hydrogens (tertiary/aromatic N) is 6. The highest BCUT2D eigenvalue weighted by Crippen LogP contribution is 2.18. The van der Waals surface area contributed by atoms with Crippen LogP contribution in [-0.4, -0.2) is 57.2 Å². The summed E-state index contributed by atoms with van der Waals surface area (Å²) >= 11 is 5.88. The molecule has 0 radical (unpaired) electrons. The van der Waals surface area contributed by atoms with Gasteiger partial charge in [0.15, 0.2) is 11.5 Å². The zero-order valence-electron chi connectivity index (χ0n) is 15.0. The van der Waals surface area contributed by atoms with Gasteiger partial charge in [0.05, 0.1) is 0 Å². The minimum atomic E-state index is -0.126. The number of carbonyl (C=O) groups is 1. The Morgan fingerprint density at radius 1 is 0.929 bits per heavy atom. The zero-order valence-corrected chi connectivity index (χ0v) is 15.8. The lowest BCUT2D eigenvalue weighted by Gasteiger charge is -2.34. The molecule has 0 atom stereocenters. The Hall–Kier alpha value is -3.26. The van der Waals surface area contributed by atoms with E-state index in [-0.39, 0.29) is 5.91 Å². The van der Waals surface area contributed by atoms with Crippen LogP contribution in [0.2, 0.25) is 5.02 Å². The fourth-order valence-electron chi connectivity index (χ4n) is 2.92. The number of hydrogen-bond acceptors (Lipinski definition) is 7. The molecular formula is C19H18ClN7O. The van der Waals surface area contributed by atoms with Crippen LogP contribution in [-0.2, 0) is 0 Å². The van der Waals surface area contributed by atoms with E-state index in [1.54, 1.807) is 47.6 Å². The van der Waals surface area contributed by atoms with E-state index in [2.05, 4.69) is 30.4 Å². The van der Waals surface area contributed by atoms with Crippen molar-refractivity contribution >= 4 is 35.0 Å². The van der Waals surface area contributed by atoms with E-state index in [0.717, 1.165) is 5.69 Å². The maximum Gasteiger partial charge on any atom is 0.274 e. The number of benzene rings is 1. The monoisotopic (exact) mass is 395 g/mol. The number of piperazine rings is 1. The average molecular weight is 396 g/mol. The van der Waals surface area contributed by atoms with E-state index in [1.807, 2.05) is 12.1 Å². The van der Waals surface area contributed by atoms with E-state index in [0.29, 0.717) is 48.7 Å². The largest absolute Gasteiger partial charge is 0.339 e. The van der Waals surface area contributed by atoms with Gasteiger partial charge in [0.25, 0.3) is 5.91 Å². The van der Waals surface area contributed by atoms with Gasteiger partial charge in [0.2, 0.25) is 5.95 Å². The van der Waals surface area contributed by atoms with Crippen LogP contribution in [0.15, 0.2) is 54.9 Å². The van der Waals surface area contributed by atoms with Gasteiger partial charge in [-0.05, 0) is 42.5 Å². The number of carbonyl (C=O) groups excluding carboxylic acids is 1. The molecule has 28 heavy (non-hydrogen) atoms. The van der Waals surface area contributed by atoms with E-state index in [1.165, 1.54) is 0 Å². The molecule has 1 fully saturated rings. The van der Waals surface area contributed by atoms with Crippen molar-refractivity contribution in [2.24, 2.45) is 0 Å². The molecule has 3 heterocycles. The minimum Gasteiger partial charge on any atom is -0.339 e. The Labute approximate surface area is 167 Å².